The van der Waals surface area contributed by atoms with Gasteiger partial charge in [-0.05, 0) is 48.9 Å². The smallest absolute Gasteiger partial charge is 0.264 e. The van der Waals surface area contributed by atoms with E-state index in [-0.39, 0.29) is 10.8 Å². The number of rotatable bonds is 3. The minimum atomic E-state index is -3.74. The summed E-state index contributed by atoms with van der Waals surface area (Å²) in [6.07, 6.45) is 0. The van der Waals surface area contributed by atoms with Gasteiger partial charge < -0.3 is 4.52 Å². The third kappa shape index (κ3) is 2.67. The van der Waals surface area contributed by atoms with Crippen LogP contribution in [0.25, 0.3) is 10.8 Å². The number of hydrogen-bond donors (Lipinski definition) is 1. The van der Waals surface area contributed by atoms with Crippen molar-refractivity contribution in [3.63, 3.8) is 0 Å². The summed E-state index contributed by atoms with van der Waals surface area (Å²) in [6.45, 7) is 3.49. The van der Waals surface area contributed by atoms with Gasteiger partial charge in [-0.25, -0.2) is 13.1 Å². The molecule has 1 aromatic heterocycles. The van der Waals surface area contributed by atoms with Crippen LogP contribution in [-0.4, -0.2) is 13.6 Å². The molecule has 0 aliphatic heterocycles. The standard InChI is InChI=1S/C15H13ClN2O3S/c1-9-10(2)17-21-15(9)18-22(19,20)14-6-4-11-7-13(16)5-3-12(11)8-14/h3-8,18H,1-2H3. The molecule has 0 saturated heterocycles. The van der Waals surface area contributed by atoms with Crippen LogP contribution in [-0.2, 0) is 10.0 Å². The van der Waals surface area contributed by atoms with E-state index >= 15 is 0 Å². The maximum Gasteiger partial charge on any atom is 0.264 e. The van der Waals surface area contributed by atoms with Gasteiger partial charge in [0, 0.05) is 10.6 Å². The molecule has 5 nitrogen and oxygen atoms in total. The Hall–Kier alpha value is -2.05. The summed E-state index contributed by atoms with van der Waals surface area (Å²) in [5.41, 5.74) is 1.31. The van der Waals surface area contributed by atoms with Crippen molar-refractivity contribution in [3.8, 4) is 0 Å². The molecule has 0 bridgehead atoms. The molecule has 0 aliphatic rings. The lowest BCUT2D eigenvalue weighted by atomic mass is 10.1. The fourth-order valence-corrected chi connectivity index (χ4v) is 3.32. The van der Waals surface area contributed by atoms with Crippen LogP contribution >= 0.6 is 11.6 Å². The normalized spacial score (nSPS) is 11.8. The minimum Gasteiger partial charge on any atom is -0.337 e. The molecule has 1 heterocycles. The van der Waals surface area contributed by atoms with E-state index in [0.717, 1.165) is 10.8 Å². The third-order valence-electron chi connectivity index (χ3n) is 3.47. The predicted octanol–water partition coefficient (Wildman–Crippen LogP) is 3.90. The van der Waals surface area contributed by atoms with Gasteiger partial charge in [-0.3, -0.25) is 0 Å². The van der Waals surface area contributed by atoms with Gasteiger partial charge in [0.1, 0.15) is 0 Å². The molecule has 0 atom stereocenters. The Morgan fingerprint density at radius 2 is 1.77 bits per heavy atom. The fourth-order valence-electron chi connectivity index (χ4n) is 2.05. The van der Waals surface area contributed by atoms with Gasteiger partial charge in [0.2, 0.25) is 5.88 Å². The Labute approximate surface area is 132 Å². The van der Waals surface area contributed by atoms with Gasteiger partial charge in [0.25, 0.3) is 10.0 Å². The van der Waals surface area contributed by atoms with Crippen LogP contribution in [0.1, 0.15) is 11.3 Å². The monoisotopic (exact) mass is 336 g/mol. The quantitative estimate of drug-likeness (QED) is 0.787. The molecular weight excluding hydrogens is 324 g/mol. The Bertz CT molecular complexity index is 964. The van der Waals surface area contributed by atoms with Crippen molar-refractivity contribution in [3.05, 3.63) is 52.7 Å². The summed E-state index contributed by atoms with van der Waals surface area (Å²) >= 11 is 5.93. The SMILES string of the molecule is Cc1noc(NS(=O)(=O)c2ccc3cc(Cl)ccc3c2)c1C. The number of benzene rings is 2. The summed E-state index contributed by atoms with van der Waals surface area (Å²) in [5, 5.41) is 6.01. The van der Waals surface area contributed by atoms with E-state index in [1.54, 1.807) is 44.2 Å². The van der Waals surface area contributed by atoms with Crippen LogP contribution in [0.15, 0.2) is 45.8 Å². The highest BCUT2D eigenvalue weighted by Gasteiger charge is 2.19. The summed E-state index contributed by atoms with van der Waals surface area (Å²) < 4.78 is 32.3. The Morgan fingerprint density at radius 1 is 1.09 bits per heavy atom. The van der Waals surface area contributed by atoms with Gasteiger partial charge in [0.15, 0.2) is 0 Å². The first-order chi connectivity index (χ1) is 10.4. The van der Waals surface area contributed by atoms with Crippen molar-refractivity contribution in [1.82, 2.24) is 5.16 Å². The average molecular weight is 337 g/mol. The van der Waals surface area contributed by atoms with Gasteiger partial charge in [0.05, 0.1) is 10.6 Å². The van der Waals surface area contributed by atoms with E-state index in [2.05, 4.69) is 9.88 Å². The van der Waals surface area contributed by atoms with Crippen LogP contribution in [0.5, 0.6) is 0 Å². The number of hydrogen-bond acceptors (Lipinski definition) is 4. The van der Waals surface area contributed by atoms with Crippen LogP contribution in [0.4, 0.5) is 5.88 Å². The Morgan fingerprint density at radius 3 is 2.45 bits per heavy atom. The summed E-state index contributed by atoms with van der Waals surface area (Å²) in [6, 6.07) is 10.1. The predicted molar refractivity (Wildman–Crippen MR) is 85.7 cm³/mol. The molecule has 22 heavy (non-hydrogen) atoms. The van der Waals surface area contributed by atoms with Crippen molar-refractivity contribution in [2.45, 2.75) is 18.7 Å². The first kappa shape index (κ1) is 14.9. The fraction of sp³-hybridized carbons (Fsp3) is 0.133. The molecule has 114 valence electrons. The highest BCUT2D eigenvalue weighted by atomic mass is 35.5. The molecule has 0 radical (unpaired) electrons. The lowest BCUT2D eigenvalue weighted by Gasteiger charge is -2.07. The first-order valence-electron chi connectivity index (χ1n) is 6.52. The second-order valence-corrected chi connectivity index (χ2v) is 7.10. The van der Waals surface area contributed by atoms with Gasteiger partial charge in [-0.2, -0.15) is 0 Å². The summed E-state index contributed by atoms with van der Waals surface area (Å²) in [7, 11) is -3.74. The van der Waals surface area contributed by atoms with Crippen molar-refractivity contribution >= 4 is 38.3 Å². The summed E-state index contributed by atoms with van der Waals surface area (Å²) in [5.74, 6) is 0.133. The van der Waals surface area contributed by atoms with Crippen LogP contribution < -0.4 is 4.72 Å². The largest absolute Gasteiger partial charge is 0.337 e. The van der Waals surface area contributed by atoms with Crippen LogP contribution in [0.2, 0.25) is 5.02 Å². The lowest BCUT2D eigenvalue weighted by molar-refractivity contribution is 0.430. The molecule has 3 aromatic rings. The molecule has 1 N–H and O–H groups in total. The average Bonchev–Trinajstić information content (AvgIpc) is 2.78. The van der Waals surface area contributed by atoms with Crippen molar-refractivity contribution in [2.24, 2.45) is 0 Å². The van der Waals surface area contributed by atoms with Crippen LogP contribution in [0, 0.1) is 13.8 Å². The molecule has 0 spiro atoms. The molecule has 0 unspecified atom stereocenters. The minimum absolute atomic E-state index is 0.133. The van der Waals surface area contributed by atoms with E-state index in [4.69, 9.17) is 16.1 Å². The Balaban J connectivity index is 2.01. The van der Waals surface area contributed by atoms with E-state index in [9.17, 15) is 8.42 Å². The summed E-state index contributed by atoms with van der Waals surface area (Å²) in [4.78, 5) is 0.149. The molecule has 7 heteroatoms. The maximum absolute atomic E-state index is 12.4. The molecule has 0 amide bonds. The van der Waals surface area contributed by atoms with Gasteiger partial charge in [-0.15, -0.1) is 0 Å². The van der Waals surface area contributed by atoms with E-state index in [0.29, 0.717) is 16.3 Å². The van der Waals surface area contributed by atoms with Gasteiger partial charge in [-0.1, -0.05) is 28.9 Å². The zero-order valence-corrected chi connectivity index (χ0v) is 13.5. The second kappa shape index (κ2) is 5.30. The zero-order chi connectivity index (χ0) is 15.9. The molecule has 0 aliphatic carbocycles. The van der Waals surface area contributed by atoms with Crippen molar-refractivity contribution in [1.29, 1.82) is 0 Å². The third-order valence-corrected chi connectivity index (χ3v) is 5.03. The number of fused-ring (bicyclic) bond motifs is 1. The highest BCUT2D eigenvalue weighted by molar-refractivity contribution is 7.92. The van der Waals surface area contributed by atoms with Crippen molar-refractivity contribution in [2.75, 3.05) is 4.72 Å². The zero-order valence-electron chi connectivity index (χ0n) is 11.9. The lowest BCUT2D eigenvalue weighted by Crippen LogP contribution is -2.13. The highest BCUT2D eigenvalue weighted by Crippen LogP contribution is 2.25. The van der Waals surface area contributed by atoms with Crippen LogP contribution in [0.3, 0.4) is 0 Å². The number of halogens is 1. The molecule has 0 saturated carbocycles. The number of sulfonamides is 1. The number of anilines is 1. The van der Waals surface area contributed by atoms with E-state index in [1.165, 1.54) is 6.07 Å². The van der Waals surface area contributed by atoms with E-state index in [1.807, 2.05) is 0 Å². The number of aryl methyl sites for hydroxylation is 1. The second-order valence-electron chi connectivity index (χ2n) is 4.98. The molecule has 0 fully saturated rings. The number of nitrogens with one attached hydrogen (secondary N) is 1. The topological polar surface area (TPSA) is 72.2 Å². The maximum atomic E-state index is 12.4. The molecule has 3 rings (SSSR count). The van der Waals surface area contributed by atoms with E-state index < -0.39 is 10.0 Å². The first-order valence-corrected chi connectivity index (χ1v) is 8.38. The molecule has 2 aromatic carbocycles. The molecular formula is C15H13ClN2O3S. The number of aromatic nitrogens is 1. The Kier molecular flexibility index (Phi) is 3.58. The van der Waals surface area contributed by atoms with Crippen molar-refractivity contribution < 1.29 is 12.9 Å². The number of nitrogens with zero attached hydrogens (tertiary/aromatic N) is 1. The van der Waals surface area contributed by atoms with Gasteiger partial charge >= 0.3 is 0 Å².